The molecule has 0 spiro atoms. The first-order chi connectivity index (χ1) is 13.9. The van der Waals surface area contributed by atoms with E-state index in [0.717, 1.165) is 22.6 Å². The molecule has 0 bridgehead atoms. The average Bonchev–Trinajstić information content (AvgIpc) is 2.70. The SMILES string of the molecule is CCOc1ccc(C(C)NC(=S)Nc2cccc(C(=O)OC)c2C)cc1OCC. The van der Waals surface area contributed by atoms with Gasteiger partial charge in [0, 0.05) is 5.69 Å². The molecule has 1 atom stereocenters. The zero-order valence-corrected chi connectivity index (χ0v) is 18.3. The van der Waals surface area contributed by atoms with Gasteiger partial charge in [-0.3, -0.25) is 0 Å². The van der Waals surface area contributed by atoms with Crippen molar-refractivity contribution in [3.63, 3.8) is 0 Å². The van der Waals surface area contributed by atoms with Gasteiger partial charge in [0.15, 0.2) is 16.6 Å². The molecule has 2 aromatic carbocycles. The van der Waals surface area contributed by atoms with Gasteiger partial charge in [0.1, 0.15) is 0 Å². The number of ether oxygens (including phenoxy) is 3. The lowest BCUT2D eigenvalue weighted by atomic mass is 10.1. The largest absolute Gasteiger partial charge is 0.490 e. The van der Waals surface area contributed by atoms with Gasteiger partial charge in [0.2, 0.25) is 0 Å². The van der Waals surface area contributed by atoms with Crippen LogP contribution < -0.4 is 20.1 Å². The molecule has 156 valence electrons. The lowest BCUT2D eigenvalue weighted by molar-refractivity contribution is 0.0600. The summed E-state index contributed by atoms with van der Waals surface area (Å²) in [6.45, 7) is 8.87. The molecule has 2 N–H and O–H groups in total. The van der Waals surface area contributed by atoms with Crippen molar-refractivity contribution in [1.82, 2.24) is 5.32 Å². The van der Waals surface area contributed by atoms with Gasteiger partial charge in [0.25, 0.3) is 0 Å². The molecule has 0 saturated carbocycles. The smallest absolute Gasteiger partial charge is 0.338 e. The fourth-order valence-corrected chi connectivity index (χ4v) is 3.16. The third-order valence-corrected chi connectivity index (χ3v) is 4.62. The zero-order valence-electron chi connectivity index (χ0n) is 17.5. The van der Waals surface area contributed by atoms with Crippen molar-refractivity contribution in [1.29, 1.82) is 0 Å². The van der Waals surface area contributed by atoms with Crippen molar-refractivity contribution in [2.45, 2.75) is 33.7 Å². The molecule has 0 aromatic heterocycles. The monoisotopic (exact) mass is 416 g/mol. The third kappa shape index (κ3) is 5.84. The molecule has 1 unspecified atom stereocenters. The van der Waals surface area contributed by atoms with Crippen LogP contribution in [0.2, 0.25) is 0 Å². The number of rotatable bonds is 8. The lowest BCUT2D eigenvalue weighted by Gasteiger charge is -2.20. The van der Waals surface area contributed by atoms with Crippen molar-refractivity contribution >= 4 is 29.0 Å². The molecule has 6 nitrogen and oxygen atoms in total. The fraction of sp³-hybridized carbons (Fsp3) is 0.364. The predicted octanol–water partition coefficient (Wildman–Crippen LogP) is 4.63. The summed E-state index contributed by atoms with van der Waals surface area (Å²) in [7, 11) is 1.36. The third-order valence-electron chi connectivity index (χ3n) is 4.40. The van der Waals surface area contributed by atoms with Crippen LogP contribution in [0, 0.1) is 6.92 Å². The first-order valence-electron chi connectivity index (χ1n) is 9.56. The summed E-state index contributed by atoms with van der Waals surface area (Å²) in [6, 6.07) is 11.2. The van der Waals surface area contributed by atoms with Crippen LogP contribution in [-0.4, -0.2) is 31.4 Å². The number of nitrogens with one attached hydrogen (secondary N) is 2. The number of thiocarbonyl (C=S) groups is 1. The van der Waals surface area contributed by atoms with E-state index in [0.29, 0.717) is 29.6 Å². The van der Waals surface area contributed by atoms with E-state index < -0.39 is 0 Å². The molecule has 0 amide bonds. The number of hydrogen-bond acceptors (Lipinski definition) is 5. The quantitative estimate of drug-likeness (QED) is 0.480. The van der Waals surface area contributed by atoms with Crippen LogP contribution in [0.3, 0.4) is 0 Å². The highest BCUT2D eigenvalue weighted by Gasteiger charge is 2.15. The molecule has 0 aliphatic carbocycles. The van der Waals surface area contributed by atoms with E-state index >= 15 is 0 Å². The molecule has 0 radical (unpaired) electrons. The number of esters is 1. The molecular formula is C22H28N2O4S. The van der Waals surface area contributed by atoms with Crippen LogP contribution in [0.4, 0.5) is 5.69 Å². The van der Waals surface area contributed by atoms with Gasteiger partial charge < -0.3 is 24.8 Å². The number of benzene rings is 2. The second-order valence-electron chi connectivity index (χ2n) is 6.36. The second-order valence-corrected chi connectivity index (χ2v) is 6.77. The number of carbonyl (C=O) groups is 1. The van der Waals surface area contributed by atoms with Gasteiger partial charge in [0.05, 0.1) is 31.9 Å². The molecule has 0 fully saturated rings. The normalized spacial score (nSPS) is 11.3. The van der Waals surface area contributed by atoms with Crippen LogP contribution in [0.1, 0.15) is 48.3 Å². The highest BCUT2D eigenvalue weighted by atomic mass is 32.1. The minimum atomic E-state index is -0.378. The summed E-state index contributed by atoms with van der Waals surface area (Å²) >= 11 is 5.47. The summed E-state index contributed by atoms with van der Waals surface area (Å²) in [4.78, 5) is 11.9. The molecule has 7 heteroatoms. The fourth-order valence-electron chi connectivity index (χ4n) is 2.88. The standard InChI is InChI=1S/C22H28N2O4S/c1-6-27-19-12-11-16(13-20(19)28-7-2)15(4)23-22(29)24-18-10-8-9-17(14(18)3)21(25)26-5/h8-13,15H,6-7H2,1-5H3,(H2,23,24,29). The second kappa shape index (κ2) is 10.7. The van der Waals surface area contributed by atoms with E-state index in [2.05, 4.69) is 10.6 Å². The maximum absolute atomic E-state index is 11.9. The van der Waals surface area contributed by atoms with Crippen molar-refractivity contribution < 1.29 is 19.0 Å². The molecule has 0 aliphatic heterocycles. The Morgan fingerprint density at radius 1 is 1.10 bits per heavy atom. The van der Waals surface area contributed by atoms with Crippen LogP contribution in [0.15, 0.2) is 36.4 Å². The summed E-state index contributed by atoms with van der Waals surface area (Å²) in [5, 5.41) is 6.87. The average molecular weight is 417 g/mol. The first-order valence-corrected chi connectivity index (χ1v) is 9.97. The Labute approximate surface area is 177 Å². The van der Waals surface area contributed by atoms with Crippen molar-refractivity contribution in [3.8, 4) is 11.5 Å². The van der Waals surface area contributed by atoms with Gasteiger partial charge in [-0.2, -0.15) is 0 Å². The highest BCUT2D eigenvalue weighted by molar-refractivity contribution is 7.80. The number of hydrogen-bond donors (Lipinski definition) is 2. The van der Waals surface area contributed by atoms with Gasteiger partial charge in [-0.1, -0.05) is 12.1 Å². The van der Waals surface area contributed by atoms with E-state index in [1.807, 2.05) is 52.0 Å². The van der Waals surface area contributed by atoms with Crippen LogP contribution >= 0.6 is 12.2 Å². The van der Waals surface area contributed by atoms with E-state index in [9.17, 15) is 4.79 Å². The Hall–Kier alpha value is -2.80. The Bertz CT molecular complexity index is 870. The number of methoxy groups -OCH3 is 1. The van der Waals surface area contributed by atoms with E-state index in [4.69, 9.17) is 26.4 Å². The zero-order chi connectivity index (χ0) is 21.4. The maximum atomic E-state index is 11.9. The van der Waals surface area contributed by atoms with Gasteiger partial charge >= 0.3 is 5.97 Å². The number of anilines is 1. The van der Waals surface area contributed by atoms with Crippen LogP contribution in [-0.2, 0) is 4.74 Å². The summed E-state index contributed by atoms with van der Waals surface area (Å²) in [6.07, 6.45) is 0. The Kier molecular flexibility index (Phi) is 8.27. The van der Waals surface area contributed by atoms with Crippen LogP contribution in [0.5, 0.6) is 11.5 Å². The summed E-state index contributed by atoms with van der Waals surface area (Å²) in [5.74, 6) is 1.05. The Balaban J connectivity index is 2.11. The molecule has 2 aromatic rings. The van der Waals surface area contributed by atoms with E-state index in [1.165, 1.54) is 7.11 Å². The topological polar surface area (TPSA) is 68.8 Å². The van der Waals surface area contributed by atoms with Gasteiger partial charge in [-0.15, -0.1) is 0 Å². The predicted molar refractivity (Wildman–Crippen MR) is 119 cm³/mol. The Morgan fingerprint density at radius 3 is 2.45 bits per heavy atom. The van der Waals surface area contributed by atoms with Crippen molar-refractivity contribution in [3.05, 3.63) is 53.1 Å². The first kappa shape index (κ1) is 22.5. The van der Waals surface area contributed by atoms with Crippen molar-refractivity contribution in [2.75, 3.05) is 25.6 Å². The molecule has 2 rings (SSSR count). The molecular weight excluding hydrogens is 388 g/mol. The van der Waals surface area contributed by atoms with E-state index in [-0.39, 0.29) is 12.0 Å². The molecule has 0 heterocycles. The highest BCUT2D eigenvalue weighted by Crippen LogP contribution is 2.30. The summed E-state index contributed by atoms with van der Waals surface area (Å²) in [5.41, 5.74) is 3.04. The van der Waals surface area contributed by atoms with Crippen molar-refractivity contribution in [2.24, 2.45) is 0 Å². The van der Waals surface area contributed by atoms with Gasteiger partial charge in [-0.25, -0.2) is 4.79 Å². The van der Waals surface area contributed by atoms with Crippen LogP contribution in [0.25, 0.3) is 0 Å². The molecule has 29 heavy (non-hydrogen) atoms. The Morgan fingerprint density at radius 2 is 1.79 bits per heavy atom. The lowest BCUT2D eigenvalue weighted by Crippen LogP contribution is -2.31. The molecule has 0 saturated heterocycles. The minimum absolute atomic E-state index is 0.0611. The number of carbonyl (C=O) groups excluding carboxylic acids is 1. The van der Waals surface area contributed by atoms with Gasteiger partial charge in [-0.05, 0) is 75.3 Å². The maximum Gasteiger partial charge on any atom is 0.338 e. The molecule has 0 aliphatic rings. The van der Waals surface area contributed by atoms with E-state index in [1.54, 1.807) is 12.1 Å². The summed E-state index contributed by atoms with van der Waals surface area (Å²) < 4.78 is 16.1. The minimum Gasteiger partial charge on any atom is -0.490 e.